The van der Waals surface area contributed by atoms with E-state index in [0.717, 1.165) is 16.9 Å². The second-order valence-corrected chi connectivity index (χ2v) is 12.8. The first kappa shape index (κ1) is 25.3. The Hall–Kier alpha value is -2.82. The van der Waals surface area contributed by atoms with Gasteiger partial charge in [0, 0.05) is 13.1 Å². The Kier molecular flexibility index (Phi) is 6.99. The van der Waals surface area contributed by atoms with Crippen LogP contribution in [0.25, 0.3) is 10.2 Å². The molecule has 1 amide bonds. The van der Waals surface area contributed by atoms with E-state index in [4.69, 9.17) is 11.6 Å². The molecule has 1 aliphatic heterocycles. The van der Waals surface area contributed by atoms with Crippen LogP contribution in [0.5, 0.6) is 0 Å². The molecule has 1 saturated heterocycles. The van der Waals surface area contributed by atoms with E-state index in [0.29, 0.717) is 34.4 Å². The molecule has 1 unspecified atom stereocenters. The lowest BCUT2D eigenvalue weighted by atomic mass is 9.99. The van der Waals surface area contributed by atoms with Gasteiger partial charge in [0.2, 0.25) is 20.0 Å². The van der Waals surface area contributed by atoms with Crippen molar-refractivity contribution in [1.82, 2.24) is 8.87 Å². The predicted molar refractivity (Wildman–Crippen MR) is 133 cm³/mol. The van der Waals surface area contributed by atoms with Gasteiger partial charge in [0.1, 0.15) is 0 Å². The SMILES string of the molecule is C#CCn1c(=NC(=O)C2CCCN(S(=O)(=O)c3ccc(C)cc3)C2)sc2cc(S(N)(=O)=O)ccc21. The molecule has 2 N–H and O–H groups in total. The fourth-order valence-electron chi connectivity index (χ4n) is 3.97. The number of rotatable bonds is 5. The van der Waals surface area contributed by atoms with Crippen molar-refractivity contribution in [2.24, 2.45) is 16.0 Å². The van der Waals surface area contributed by atoms with Crippen molar-refractivity contribution in [3.8, 4) is 12.3 Å². The minimum absolute atomic E-state index is 0.0359. The van der Waals surface area contributed by atoms with Crippen molar-refractivity contribution in [3.63, 3.8) is 0 Å². The third-order valence-electron chi connectivity index (χ3n) is 5.83. The Morgan fingerprint density at radius 1 is 1.17 bits per heavy atom. The number of hydrogen-bond acceptors (Lipinski definition) is 6. The van der Waals surface area contributed by atoms with Crippen LogP contribution in [0.2, 0.25) is 0 Å². The summed E-state index contributed by atoms with van der Waals surface area (Å²) in [5, 5.41) is 5.23. The van der Waals surface area contributed by atoms with Gasteiger partial charge in [-0.15, -0.1) is 6.42 Å². The molecule has 0 radical (unpaired) electrons. The summed E-state index contributed by atoms with van der Waals surface area (Å²) in [4.78, 5) is 17.8. The van der Waals surface area contributed by atoms with E-state index in [-0.39, 0.29) is 22.9 Å². The molecule has 3 aromatic rings. The molecular weight excluding hydrogens is 508 g/mol. The quantitative estimate of drug-likeness (QED) is 0.501. The molecule has 0 saturated carbocycles. The predicted octanol–water partition coefficient (Wildman–Crippen LogP) is 1.82. The maximum absolute atomic E-state index is 13.1. The first-order valence-corrected chi connectivity index (χ1v) is 14.6. The Bertz CT molecular complexity index is 1610. The van der Waals surface area contributed by atoms with E-state index in [2.05, 4.69) is 10.9 Å². The Balaban J connectivity index is 1.66. The lowest BCUT2D eigenvalue weighted by molar-refractivity contribution is -0.122. The summed E-state index contributed by atoms with van der Waals surface area (Å²) in [5.41, 5.74) is 1.58. The summed E-state index contributed by atoms with van der Waals surface area (Å²) in [6.07, 6.45) is 6.55. The number of amides is 1. The highest BCUT2D eigenvalue weighted by atomic mass is 32.2. The molecule has 1 fully saturated rings. The average molecular weight is 533 g/mol. The smallest absolute Gasteiger partial charge is 0.252 e. The summed E-state index contributed by atoms with van der Waals surface area (Å²) >= 11 is 1.12. The maximum atomic E-state index is 13.1. The number of nitrogens with zero attached hydrogens (tertiary/aromatic N) is 3. The number of carbonyl (C=O) groups is 1. The molecule has 1 atom stereocenters. The average Bonchev–Trinajstić information content (AvgIpc) is 3.15. The van der Waals surface area contributed by atoms with Gasteiger partial charge in [-0.2, -0.15) is 9.30 Å². The van der Waals surface area contributed by atoms with Gasteiger partial charge in [-0.25, -0.2) is 22.0 Å². The first-order valence-electron chi connectivity index (χ1n) is 10.8. The second-order valence-electron chi connectivity index (χ2n) is 8.31. The normalized spacial score (nSPS) is 18.0. The fourth-order valence-corrected chi connectivity index (χ4v) is 7.18. The highest BCUT2D eigenvalue weighted by molar-refractivity contribution is 7.89. The van der Waals surface area contributed by atoms with Gasteiger partial charge >= 0.3 is 0 Å². The summed E-state index contributed by atoms with van der Waals surface area (Å²) in [5.74, 6) is 1.47. The number of sulfonamides is 2. The number of carbonyl (C=O) groups excluding carboxylic acids is 1. The van der Waals surface area contributed by atoms with Gasteiger partial charge in [0.05, 0.1) is 32.5 Å². The van der Waals surface area contributed by atoms with E-state index in [1.165, 1.54) is 16.4 Å². The van der Waals surface area contributed by atoms with Crippen molar-refractivity contribution < 1.29 is 21.6 Å². The molecular formula is C23H24N4O5S3. The number of primary sulfonamides is 1. The third-order valence-corrected chi connectivity index (χ3v) is 9.66. The lowest BCUT2D eigenvalue weighted by Gasteiger charge is -2.30. The van der Waals surface area contributed by atoms with Gasteiger partial charge in [-0.3, -0.25) is 4.79 Å². The van der Waals surface area contributed by atoms with Crippen LogP contribution < -0.4 is 9.94 Å². The number of terminal acetylenes is 1. The topological polar surface area (TPSA) is 132 Å². The Morgan fingerprint density at radius 3 is 2.51 bits per heavy atom. The standard InChI is InChI=1S/C23H24N4O5S3/c1-3-12-27-20-11-10-19(34(24,29)30)14-21(20)33-23(27)25-22(28)17-5-4-13-26(15-17)35(31,32)18-8-6-16(2)7-9-18/h1,6-11,14,17H,4-5,12-13,15H2,2H3,(H2,24,29,30). The van der Waals surface area contributed by atoms with Crippen molar-refractivity contribution in [2.75, 3.05) is 13.1 Å². The van der Waals surface area contributed by atoms with E-state index in [9.17, 15) is 21.6 Å². The van der Waals surface area contributed by atoms with Crippen LogP contribution in [-0.2, 0) is 31.4 Å². The van der Waals surface area contributed by atoms with E-state index in [1.54, 1.807) is 34.9 Å². The van der Waals surface area contributed by atoms with Crippen molar-refractivity contribution in [1.29, 1.82) is 0 Å². The van der Waals surface area contributed by atoms with Crippen LogP contribution in [0.3, 0.4) is 0 Å². The number of fused-ring (bicyclic) bond motifs is 1. The number of nitrogens with two attached hydrogens (primary N) is 1. The highest BCUT2D eigenvalue weighted by Gasteiger charge is 2.33. The van der Waals surface area contributed by atoms with Crippen LogP contribution in [0.1, 0.15) is 18.4 Å². The number of aromatic nitrogens is 1. The summed E-state index contributed by atoms with van der Waals surface area (Å²) in [6.45, 7) is 2.37. The number of piperidine rings is 1. The molecule has 0 bridgehead atoms. The molecule has 2 aromatic carbocycles. The minimum atomic E-state index is -3.90. The molecule has 9 nitrogen and oxygen atoms in total. The maximum Gasteiger partial charge on any atom is 0.252 e. The van der Waals surface area contributed by atoms with Crippen molar-refractivity contribution >= 4 is 47.5 Å². The van der Waals surface area contributed by atoms with Crippen LogP contribution >= 0.6 is 11.3 Å². The number of hydrogen-bond donors (Lipinski definition) is 1. The van der Waals surface area contributed by atoms with Crippen molar-refractivity contribution in [3.05, 3.63) is 52.8 Å². The highest BCUT2D eigenvalue weighted by Crippen LogP contribution is 2.25. The second kappa shape index (κ2) is 9.67. The summed E-state index contributed by atoms with van der Waals surface area (Å²) < 4.78 is 53.2. The lowest BCUT2D eigenvalue weighted by Crippen LogP contribution is -2.42. The van der Waals surface area contributed by atoms with Crippen LogP contribution in [0.4, 0.5) is 0 Å². The van der Waals surface area contributed by atoms with Crippen molar-refractivity contribution in [2.45, 2.75) is 36.1 Å². The molecule has 1 aliphatic rings. The van der Waals surface area contributed by atoms with E-state index in [1.807, 2.05) is 6.92 Å². The van der Waals surface area contributed by atoms with Gasteiger partial charge in [0.25, 0.3) is 5.91 Å². The van der Waals surface area contributed by atoms with Gasteiger partial charge in [-0.1, -0.05) is 35.0 Å². The first-order chi connectivity index (χ1) is 16.5. The third kappa shape index (κ3) is 5.24. The molecule has 2 heterocycles. The van der Waals surface area contributed by atoms with Gasteiger partial charge < -0.3 is 4.57 Å². The largest absolute Gasteiger partial charge is 0.305 e. The zero-order chi connectivity index (χ0) is 25.4. The molecule has 0 aliphatic carbocycles. The van der Waals surface area contributed by atoms with E-state index >= 15 is 0 Å². The molecule has 1 aromatic heterocycles. The molecule has 0 spiro atoms. The Labute approximate surface area is 208 Å². The number of aryl methyl sites for hydroxylation is 1. The van der Waals surface area contributed by atoms with Crippen LogP contribution in [0, 0.1) is 25.2 Å². The number of benzene rings is 2. The Morgan fingerprint density at radius 2 is 1.86 bits per heavy atom. The monoisotopic (exact) mass is 532 g/mol. The summed E-state index contributed by atoms with van der Waals surface area (Å²) in [6, 6.07) is 11.0. The molecule has 35 heavy (non-hydrogen) atoms. The summed E-state index contributed by atoms with van der Waals surface area (Å²) in [7, 11) is -7.63. The van der Waals surface area contributed by atoms with Crippen LogP contribution in [-0.4, -0.2) is 44.7 Å². The zero-order valence-corrected chi connectivity index (χ0v) is 21.4. The zero-order valence-electron chi connectivity index (χ0n) is 18.9. The molecule has 4 rings (SSSR count). The van der Waals surface area contributed by atoms with Gasteiger partial charge in [-0.05, 0) is 50.1 Å². The minimum Gasteiger partial charge on any atom is -0.305 e. The fraction of sp³-hybridized carbons (Fsp3) is 0.304. The van der Waals surface area contributed by atoms with Gasteiger partial charge in [0.15, 0.2) is 4.80 Å². The molecule has 184 valence electrons. The van der Waals surface area contributed by atoms with E-state index < -0.39 is 31.9 Å². The molecule has 12 heteroatoms. The van der Waals surface area contributed by atoms with Crippen LogP contribution in [0.15, 0.2) is 57.2 Å². The number of thiazole rings is 1.